The molecule has 2 aromatic rings. The fourth-order valence-corrected chi connectivity index (χ4v) is 3.86. The van der Waals surface area contributed by atoms with Crippen molar-refractivity contribution >= 4 is 63.8 Å². The molecular formula is C20H14Cl2N8O4. The number of fused-ring (bicyclic) bond motifs is 3. The number of hydrogen-bond donors (Lipinski definition) is 2. The maximum Gasteiger partial charge on any atom is 0.308 e. The highest BCUT2D eigenvalue weighted by molar-refractivity contribution is 6.52. The van der Waals surface area contributed by atoms with E-state index >= 15 is 0 Å². The Kier molecular flexibility index (Phi) is 5.60. The van der Waals surface area contributed by atoms with Gasteiger partial charge in [-0.25, -0.2) is 9.67 Å². The summed E-state index contributed by atoms with van der Waals surface area (Å²) in [6.07, 6.45) is 0. The third-order valence-electron chi connectivity index (χ3n) is 4.92. The number of aromatic nitrogens is 2. The van der Waals surface area contributed by atoms with E-state index < -0.39 is 27.4 Å². The number of nitrogen functional groups attached to an aromatic ring is 1. The average Bonchev–Trinajstić information content (AvgIpc) is 3.13. The Morgan fingerprint density at radius 3 is 2.47 bits per heavy atom. The number of anilines is 1. The zero-order valence-corrected chi connectivity index (χ0v) is 19.0. The van der Waals surface area contributed by atoms with E-state index in [4.69, 9.17) is 44.1 Å². The third kappa shape index (κ3) is 3.30. The predicted molar refractivity (Wildman–Crippen MR) is 121 cm³/mol. The van der Waals surface area contributed by atoms with E-state index in [0.29, 0.717) is 11.4 Å². The number of ketones is 1. The van der Waals surface area contributed by atoms with E-state index in [1.165, 1.54) is 7.11 Å². The molecule has 0 radical (unpaired) electrons. The number of nitriles is 1. The molecule has 4 N–H and O–H groups in total. The predicted octanol–water partition coefficient (Wildman–Crippen LogP) is 3.20. The number of methoxy groups -OCH3 is 1. The normalized spacial score (nSPS) is 19.5. The van der Waals surface area contributed by atoms with Crippen LogP contribution in [-0.4, -0.2) is 34.5 Å². The molecule has 4 rings (SSSR count). The van der Waals surface area contributed by atoms with E-state index in [2.05, 4.69) is 20.3 Å². The number of aliphatic imine (C=N–C) groups is 1. The number of amidine groups is 1. The zero-order valence-electron chi connectivity index (χ0n) is 17.5. The molecule has 0 bridgehead atoms. The number of carbonyl (C=O) groups is 2. The first-order valence-corrected chi connectivity index (χ1v) is 10.2. The highest BCUT2D eigenvalue weighted by atomic mass is 35.5. The SMILES string of the molecule is COc1ccc(N=Nc2c(N)nn3c2N=C(N)C2=C(OC(C)=O)C(Cl)=C(Cl)C(=O)C23C#N)cc1. The van der Waals surface area contributed by atoms with Crippen LogP contribution in [0.2, 0.25) is 0 Å². The van der Waals surface area contributed by atoms with Gasteiger partial charge in [-0.1, -0.05) is 23.2 Å². The molecule has 1 aromatic carbocycles. The average molecular weight is 501 g/mol. The topological polar surface area (TPSA) is 183 Å². The molecular weight excluding hydrogens is 487 g/mol. The number of Topliss-reactive ketones (excluding diaryl/α,β-unsaturated/α-hetero) is 1. The van der Waals surface area contributed by atoms with Gasteiger partial charge < -0.3 is 20.9 Å². The number of hydrogen-bond acceptors (Lipinski definition) is 11. The Balaban J connectivity index is 1.93. The lowest BCUT2D eigenvalue weighted by Gasteiger charge is -2.35. The molecule has 0 saturated carbocycles. The molecule has 1 aliphatic heterocycles. The molecule has 1 unspecified atom stereocenters. The lowest BCUT2D eigenvalue weighted by atomic mass is 9.80. The Morgan fingerprint density at radius 2 is 1.88 bits per heavy atom. The van der Waals surface area contributed by atoms with E-state index in [9.17, 15) is 14.9 Å². The van der Waals surface area contributed by atoms with Crippen molar-refractivity contribution < 1.29 is 19.1 Å². The molecule has 0 amide bonds. The van der Waals surface area contributed by atoms with Gasteiger partial charge in [0.15, 0.2) is 23.1 Å². The molecule has 1 atom stereocenters. The lowest BCUT2D eigenvalue weighted by Crippen LogP contribution is -2.51. The number of halogens is 2. The first-order valence-electron chi connectivity index (χ1n) is 9.39. The van der Waals surface area contributed by atoms with Crippen molar-refractivity contribution in [3.05, 3.63) is 45.7 Å². The van der Waals surface area contributed by atoms with Crippen molar-refractivity contribution in [2.75, 3.05) is 12.8 Å². The molecule has 172 valence electrons. The van der Waals surface area contributed by atoms with Crippen LogP contribution in [0.15, 0.2) is 60.9 Å². The molecule has 2 heterocycles. The summed E-state index contributed by atoms with van der Waals surface area (Å²) in [6, 6.07) is 8.51. The van der Waals surface area contributed by atoms with Gasteiger partial charge in [0.25, 0.3) is 0 Å². The number of benzene rings is 1. The Morgan fingerprint density at radius 1 is 1.21 bits per heavy atom. The number of rotatable bonds is 4. The summed E-state index contributed by atoms with van der Waals surface area (Å²) in [7, 11) is 1.53. The number of allylic oxidation sites excluding steroid dienone is 2. The standard InChI is InChI=1S/C20H14Cl2N8O4/c1-8(31)34-15-11-17(24)26-19-14(28-27-9-3-5-10(33-2)6-4-9)18(25)29-30(19)20(11,7-23)16(32)13(22)12(15)21/h3-6H,1-2H3,(H2,24,26)(H2,25,29). The molecule has 14 heteroatoms. The van der Waals surface area contributed by atoms with Crippen molar-refractivity contribution in [3.8, 4) is 11.8 Å². The van der Waals surface area contributed by atoms with Crippen molar-refractivity contribution in [3.63, 3.8) is 0 Å². The van der Waals surface area contributed by atoms with Crippen LogP contribution in [0.1, 0.15) is 6.92 Å². The molecule has 1 aromatic heterocycles. The highest BCUT2D eigenvalue weighted by Crippen LogP contribution is 2.50. The van der Waals surface area contributed by atoms with Gasteiger partial charge in [0.1, 0.15) is 27.7 Å². The Hall–Kier alpha value is -4.21. The summed E-state index contributed by atoms with van der Waals surface area (Å²) in [6.45, 7) is 1.10. The summed E-state index contributed by atoms with van der Waals surface area (Å²) in [5.41, 5.74) is 9.95. The van der Waals surface area contributed by atoms with Crippen molar-refractivity contribution in [1.82, 2.24) is 9.78 Å². The number of ether oxygens (including phenoxy) is 2. The fourth-order valence-electron chi connectivity index (χ4n) is 3.42. The van der Waals surface area contributed by atoms with Crippen molar-refractivity contribution in [2.24, 2.45) is 21.0 Å². The monoisotopic (exact) mass is 500 g/mol. The maximum absolute atomic E-state index is 13.3. The van der Waals surface area contributed by atoms with Crippen LogP contribution < -0.4 is 16.2 Å². The number of nitrogens with two attached hydrogens (primary N) is 2. The van der Waals surface area contributed by atoms with Crippen molar-refractivity contribution in [1.29, 1.82) is 5.26 Å². The number of esters is 1. The van der Waals surface area contributed by atoms with Gasteiger partial charge >= 0.3 is 5.97 Å². The van der Waals surface area contributed by atoms with Gasteiger partial charge in [-0.3, -0.25) is 9.59 Å². The molecule has 12 nitrogen and oxygen atoms in total. The number of azo groups is 1. The summed E-state index contributed by atoms with van der Waals surface area (Å²) >= 11 is 12.3. The van der Waals surface area contributed by atoms with Gasteiger partial charge in [-0.15, -0.1) is 10.2 Å². The van der Waals surface area contributed by atoms with E-state index in [0.717, 1.165) is 11.6 Å². The molecule has 0 fully saturated rings. The van der Waals surface area contributed by atoms with Gasteiger partial charge in [0, 0.05) is 6.92 Å². The van der Waals surface area contributed by atoms with Crippen LogP contribution in [-0.2, 0) is 19.9 Å². The summed E-state index contributed by atoms with van der Waals surface area (Å²) < 4.78 is 11.2. The molecule has 1 aliphatic carbocycles. The zero-order chi connectivity index (χ0) is 24.8. The molecule has 0 saturated heterocycles. The molecule has 0 spiro atoms. The molecule has 2 aliphatic rings. The minimum Gasteiger partial charge on any atom is -0.497 e. The van der Waals surface area contributed by atoms with Gasteiger partial charge in [0.2, 0.25) is 11.3 Å². The second-order valence-corrected chi connectivity index (χ2v) is 7.70. The number of carbonyl (C=O) groups excluding carboxylic acids is 2. The second-order valence-electron chi connectivity index (χ2n) is 6.94. The minimum absolute atomic E-state index is 0.0500. The van der Waals surface area contributed by atoms with E-state index in [1.54, 1.807) is 24.3 Å². The number of nitrogens with zero attached hydrogens (tertiary/aromatic N) is 6. The van der Waals surface area contributed by atoms with E-state index in [1.807, 2.05) is 6.07 Å². The van der Waals surface area contributed by atoms with Crippen LogP contribution in [0.5, 0.6) is 5.75 Å². The van der Waals surface area contributed by atoms with E-state index in [-0.39, 0.29) is 34.5 Å². The van der Waals surface area contributed by atoms with Gasteiger partial charge in [-0.2, -0.15) is 10.4 Å². The second kappa shape index (κ2) is 8.29. The smallest absolute Gasteiger partial charge is 0.308 e. The maximum atomic E-state index is 13.3. The molecule has 34 heavy (non-hydrogen) atoms. The largest absolute Gasteiger partial charge is 0.497 e. The Bertz CT molecular complexity index is 1420. The van der Waals surface area contributed by atoms with Crippen LogP contribution in [0.4, 0.5) is 23.0 Å². The Labute approximate surface area is 201 Å². The minimum atomic E-state index is -2.30. The van der Waals surface area contributed by atoms with Crippen LogP contribution in [0.25, 0.3) is 0 Å². The van der Waals surface area contributed by atoms with Crippen LogP contribution in [0, 0.1) is 11.3 Å². The highest BCUT2D eigenvalue weighted by Gasteiger charge is 2.57. The summed E-state index contributed by atoms with van der Waals surface area (Å²) in [4.78, 5) is 29.1. The summed E-state index contributed by atoms with van der Waals surface area (Å²) in [5.74, 6) is -2.19. The first-order chi connectivity index (χ1) is 16.1. The third-order valence-corrected chi connectivity index (χ3v) is 5.74. The van der Waals surface area contributed by atoms with Gasteiger partial charge in [0.05, 0.1) is 18.4 Å². The quantitative estimate of drug-likeness (QED) is 0.473. The summed E-state index contributed by atoms with van der Waals surface area (Å²) in [5, 5.41) is 21.5. The van der Waals surface area contributed by atoms with Crippen LogP contribution >= 0.6 is 23.2 Å². The van der Waals surface area contributed by atoms with Crippen molar-refractivity contribution in [2.45, 2.75) is 12.5 Å². The fraction of sp³-hybridized carbons (Fsp3) is 0.150. The van der Waals surface area contributed by atoms with Gasteiger partial charge in [-0.05, 0) is 24.3 Å². The van der Waals surface area contributed by atoms with Crippen LogP contribution in [0.3, 0.4) is 0 Å². The first kappa shape index (κ1) is 23.0. The lowest BCUT2D eigenvalue weighted by molar-refractivity contribution is -0.137.